The second-order valence-electron chi connectivity index (χ2n) is 4.35. The quantitative estimate of drug-likeness (QED) is 0.484. The van der Waals surface area contributed by atoms with Crippen molar-refractivity contribution in [1.82, 2.24) is 0 Å². The topological polar surface area (TPSA) is 29.5 Å². The van der Waals surface area contributed by atoms with Gasteiger partial charge in [0.2, 0.25) is 0 Å². The fourth-order valence-electron chi connectivity index (χ4n) is 2.93. The first-order chi connectivity index (χ1) is 5.90. The van der Waals surface area contributed by atoms with Gasteiger partial charge in [0.05, 0.1) is 6.10 Å². The third kappa shape index (κ3) is 1.64. The Morgan fingerprint density at radius 3 is 2.42 bits per heavy atom. The lowest BCUT2D eigenvalue weighted by Gasteiger charge is -2.37. The van der Waals surface area contributed by atoms with Crippen LogP contribution < -0.4 is 0 Å². The Hall–Kier alpha value is -0.0800. The highest BCUT2D eigenvalue weighted by Gasteiger charge is 2.32. The average molecular weight is 170 g/mol. The minimum atomic E-state index is 0.143. The molecule has 2 nitrogen and oxygen atoms in total. The van der Waals surface area contributed by atoms with Crippen molar-refractivity contribution in [3.05, 3.63) is 0 Å². The van der Waals surface area contributed by atoms with Crippen LogP contribution >= 0.6 is 0 Å². The molecule has 12 heavy (non-hydrogen) atoms. The van der Waals surface area contributed by atoms with Gasteiger partial charge in [-0.05, 0) is 31.1 Å². The van der Waals surface area contributed by atoms with E-state index in [2.05, 4.69) is 4.89 Å². The highest BCUT2D eigenvalue weighted by Crippen LogP contribution is 2.40. The summed E-state index contributed by atoms with van der Waals surface area (Å²) >= 11 is 0. The molecule has 3 atom stereocenters. The summed E-state index contributed by atoms with van der Waals surface area (Å²) in [6.07, 6.45) is 9.18. The molecule has 2 rings (SSSR count). The van der Waals surface area contributed by atoms with E-state index in [-0.39, 0.29) is 6.10 Å². The van der Waals surface area contributed by atoms with Crippen molar-refractivity contribution in [1.29, 1.82) is 0 Å². The first-order valence-electron chi connectivity index (χ1n) is 5.20. The van der Waals surface area contributed by atoms with Gasteiger partial charge in [0.25, 0.3) is 0 Å². The average Bonchev–Trinajstić information content (AvgIpc) is 2.17. The Balaban J connectivity index is 1.90. The standard InChI is InChI=1S/C10H18O2/c11-12-10-6-5-8-3-1-2-4-9(8)7-10/h8-11H,1-7H2. The van der Waals surface area contributed by atoms with E-state index < -0.39 is 0 Å². The van der Waals surface area contributed by atoms with Crippen LogP contribution in [0.25, 0.3) is 0 Å². The zero-order valence-corrected chi connectivity index (χ0v) is 7.54. The van der Waals surface area contributed by atoms with Crippen molar-refractivity contribution >= 4 is 0 Å². The summed E-state index contributed by atoms with van der Waals surface area (Å²) in [5.41, 5.74) is 0. The van der Waals surface area contributed by atoms with Crippen molar-refractivity contribution in [3.63, 3.8) is 0 Å². The monoisotopic (exact) mass is 170 g/mol. The molecule has 0 saturated heterocycles. The summed E-state index contributed by atoms with van der Waals surface area (Å²) in [6.45, 7) is 0. The van der Waals surface area contributed by atoms with Crippen molar-refractivity contribution in [2.24, 2.45) is 11.8 Å². The van der Waals surface area contributed by atoms with Gasteiger partial charge in [0.15, 0.2) is 0 Å². The van der Waals surface area contributed by atoms with Crippen molar-refractivity contribution in [3.8, 4) is 0 Å². The van der Waals surface area contributed by atoms with E-state index in [0.717, 1.165) is 24.7 Å². The van der Waals surface area contributed by atoms with Crippen LogP contribution in [-0.2, 0) is 4.89 Å². The molecule has 0 aromatic rings. The Morgan fingerprint density at radius 1 is 0.917 bits per heavy atom. The third-order valence-corrected chi connectivity index (χ3v) is 3.64. The van der Waals surface area contributed by atoms with Gasteiger partial charge in [-0.3, -0.25) is 5.26 Å². The molecule has 0 aromatic heterocycles. The Kier molecular flexibility index (Phi) is 2.66. The molecule has 70 valence electrons. The predicted molar refractivity (Wildman–Crippen MR) is 46.8 cm³/mol. The molecule has 2 fully saturated rings. The van der Waals surface area contributed by atoms with Crippen LogP contribution in [0.5, 0.6) is 0 Å². The zero-order valence-electron chi connectivity index (χ0n) is 7.54. The van der Waals surface area contributed by atoms with Crippen molar-refractivity contribution < 1.29 is 10.1 Å². The molecule has 2 saturated carbocycles. The van der Waals surface area contributed by atoms with Gasteiger partial charge >= 0.3 is 0 Å². The van der Waals surface area contributed by atoms with E-state index in [1.807, 2.05) is 0 Å². The lowest BCUT2D eigenvalue weighted by Crippen LogP contribution is -2.31. The molecule has 0 spiro atoms. The second-order valence-corrected chi connectivity index (χ2v) is 4.35. The number of rotatable bonds is 1. The summed E-state index contributed by atoms with van der Waals surface area (Å²) in [7, 11) is 0. The summed E-state index contributed by atoms with van der Waals surface area (Å²) in [4.78, 5) is 4.44. The lowest BCUT2D eigenvalue weighted by molar-refractivity contribution is -0.289. The fraction of sp³-hybridized carbons (Fsp3) is 1.00. The van der Waals surface area contributed by atoms with E-state index in [4.69, 9.17) is 5.26 Å². The SMILES string of the molecule is OOC1CCC2CCCCC2C1. The summed E-state index contributed by atoms with van der Waals surface area (Å²) in [5, 5.41) is 8.58. The van der Waals surface area contributed by atoms with Gasteiger partial charge in [0.1, 0.15) is 0 Å². The maximum absolute atomic E-state index is 8.58. The van der Waals surface area contributed by atoms with E-state index in [1.54, 1.807) is 0 Å². The third-order valence-electron chi connectivity index (χ3n) is 3.64. The lowest BCUT2D eigenvalue weighted by atomic mass is 9.70. The molecule has 3 unspecified atom stereocenters. The first-order valence-corrected chi connectivity index (χ1v) is 5.20. The van der Waals surface area contributed by atoms with Gasteiger partial charge in [-0.25, -0.2) is 4.89 Å². The van der Waals surface area contributed by atoms with Crippen LogP contribution in [0.4, 0.5) is 0 Å². The first kappa shape index (κ1) is 8.52. The summed E-state index contributed by atoms with van der Waals surface area (Å²) in [5.74, 6) is 1.80. The maximum atomic E-state index is 8.58. The summed E-state index contributed by atoms with van der Waals surface area (Å²) in [6, 6.07) is 0. The largest absolute Gasteiger partial charge is 0.252 e. The second kappa shape index (κ2) is 3.75. The molecule has 0 aliphatic heterocycles. The molecule has 2 aliphatic rings. The molecule has 2 heteroatoms. The van der Waals surface area contributed by atoms with Crippen LogP contribution in [0.2, 0.25) is 0 Å². The van der Waals surface area contributed by atoms with Crippen LogP contribution in [0.15, 0.2) is 0 Å². The molecule has 0 amide bonds. The van der Waals surface area contributed by atoms with E-state index >= 15 is 0 Å². The number of hydrogen-bond donors (Lipinski definition) is 1. The van der Waals surface area contributed by atoms with Gasteiger partial charge in [-0.2, -0.15) is 0 Å². The van der Waals surface area contributed by atoms with Gasteiger partial charge < -0.3 is 0 Å². The van der Waals surface area contributed by atoms with Crippen molar-refractivity contribution in [2.45, 2.75) is 51.0 Å². The van der Waals surface area contributed by atoms with Gasteiger partial charge in [-0.1, -0.05) is 25.7 Å². The Bertz CT molecular complexity index is 147. The highest BCUT2D eigenvalue weighted by atomic mass is 17.1. The molecular formula is C10H18O2. The molecule has 1 N–H and O–H groups in total. The van der Waals surface area contributed by atoms with Gasteiger partial charge in [-0.15, -0.1) is 0 Å². The van der Waals surface area contributed by atoms with Gasteiger partial charge in [0, 0.05) is 0 Å². The normalized spacial score (nSPS) is 42.2. The maximum Gasteiger partial charge on any atom is 0.0930 e. The Labute approximate surface area is 73.8 Å². The van der Waals surface area contributed by atoms with Crippen molar-refractivity contribution in [2.75, 3.05) is 0 Å². The highest BCUT2D eigenvalue weighted by molar-refractivity contribution is 4.83. The number of hydrogen-bond acceptors (Lipinski definition) is 2. The molecule has 0 bridgehead atoms. The smallest absolute Gasteiger partial charge is 0.0930 e. The van der Waals surface area contributed by atoms with E-state index in [0.29, 0.717) is 0 Å². The number of fused-ring (bicyclic) bond motifs is 1. The van der Waals surface area contributed by atoms with Crippen LogP contribution in [0, 0.1) is 11.8 Å². The fourth-order valence-corrected chi connectivity index (χ4v) is 2.93. The minimum Gasteiger partial charge on any atom is -0.252 e. The molecule has 0 aromatic carbocycles. The molecule has 0 heterocycles. The Morgan fingerprint density at radius 2 is 1.67 bits per heavy atom. The van der Waals surface area contributed by atoms with Crippen LogP contribution in [0.3, 0.4) is 0 Å². The van der Waals surface area contributed by atoms with E-state index in [1.165, 1.54) is 32.1 Å². The summed E-state index contributed by atoms with van der Waals surface area (Å²) < 4.78 is 0. The predicted octanol–water partition coefficient (Wildman–Crippen LogP) is 2.83. The molecule has 2 aliphatic carbocycles. The minimum absolute atomic E-state index is 0.143. The zero-order chi connectivity index (χ0) is 8.39. The van der Waals surface area contributed by atoms with Crippen LogP contribution in [0.1, 0.15) is 44.9 Å². The molecular weight excluding hydrogens is 152 g/mol. The van der Waals surface area contributed by atoms with E-state index in [9.17, 15) is 0 Å². The molecule has 0 radical (unpaired) electrons. The van der Waals surface area contributed by atoms with Crippen LogP contribution in [-0.4, -0.2) is 11.4 Å².